The van der Waals surface area contributed by atoms with Crippen molar-refractivity contribution in [2.75, 3.05) is 6.54 Å². The van der Waals surface area contributed by atoms with E-state index in [2.05, 4.69) is 16.0 Å². The summed E-state index contributed by atoms with van der Waals surface area (Å²) in [6, 6.07) is 27.4. The molecule has 0 radical (unpaired) electrons. The molecule has 6 nitrogen and oxygen atoms in total. The maximum absolute atomic E-state index is 13.2. The molecule has 0 unspecified atom stereocenters. The van der Waals surface area contributed by atoms with Crippen molar-refractivity contribution in [3.05, 3.63) is 120 Å². The van der Waals surface area contributed by atoms with Crippen LogP contribution in [0.25, 0.3) is 22.3 Å². The summed E-state index contributed by atoms with van der Waals surface area (Å²) in [7, 11) is 0. The van der Waals surface area contributed by atoms with Crippen LogP contribution in [0, 0.1) is 0 Å². The minimum Gasteiger partial charge on any atom is -0.489 e. The highest BCUT2D eigenvalue weighted by Crippen LogP contribution is 2.24. The first-order valence-corrected chi connectivity index (χ1v) is 12.0. The molecule has 176 valence electrons. The lowest BCUT2D eigenvalue weighted by atomic mass is 10.0. The van der Waals surface area contributed by atoms with E-state index in [1.54, 1.807) is 6.20 Å². The van der Waals surface area contributed by atoms with Gasteiger partial charge in [-0.25, -0.2) is 9.97 Å². The third kappa shape index (κ3) is 4.53. The van der Waals surface area contributed by atoms with Crippen LogP contribution >= 0.6 is 0 Å². The Morgan fingerprint density at radius 3 is 2.56 bits per heavy atom. The van der Waals surface area contributed by atoms with Gasteiger partial charge in [-0.3, -0.25) is 9.78 Å². The van der Waals surface area contributed by atoms with Gasteiger partial charge in [0.1, 0.15) is 12.4 Å². The van der Waals surface area contributed by atoms with E-state index in [1.165, 1.54) is 0 Å². The van der Waals surface area contributed by atoms with Crippen molar-refractivity contribution in [2.24, 2.45) is 0 Å². The molecule has 6 heteroatoms. The van der Waals surface area contributed by atoms with Gasteiger partial charge < -0.3 is 9.64 Å². The van der Waals surface area contributed by atoms with Gasteiger partial charge in [-0.1, -0.05) is 48.5 Å². The van der Waals surface area contributed by atoms with Crippen LogP contribution in [0.2, 0.25) is 0 Å². The smallest absolute Gasteiger partial charge is 0.254 e. The zero-order chi connectivity index (χ0) is 24.3. The molecule has 2 aromatic heterocycles. The fourth-order valence-corrected chi connectivity index (χ4v) is 4.42. The van der Waals surface area contributed by atoms with Gasteiger partial charge in [0.15, 0.2) is 5.82 Å². The van der Waals surface area contributed by atoms with Crippen LogP contribution in [0.15, 0.2) is 97.3 Å². The average molecular weight is 473 g/mol. The summed E-state index contributed by atoms with van der Waals surface area (Å²) in [5.74, 6) is 1.46. The van der Waals surface area contributed by atoms with Crippen LogP contribution in [-0.2, 0) is 19.6 Å². The molecule has 36 heavy (non-hydrogen) atoms. The normalized spacial score (nSPS) is 12.8. The molecule has 0 spiro atoms. The second kappa shape index (κ2) is 9.58. The second-order valence-corrected chi connectivity index (χ2v) is 8.86. The number of nitrogens with zero attached hydrogens (tertiary/aromatic N) is 4. The van der Waals surface area contributed by atoms with Crippen LogP contribution in [-0.4, -0.2) is 32.3 Å². The Balaban J connectivity index is 1.16. The molecule has 1 amide bonds. The fraction of sp³-hybridized carbons (Fsp3) is 0.133. The van der Waals surface area contributed by atoms with E-state index in [0.29, 0.717) is 31.1 Å². The number of amides is 1. The molecule has 0 atom stereocenters. The highest BCUT2D eigenvalue weighted by atomic mass is 16.5. The number of hydrogen-bond acceptors (Lipinski definition) is 5. The molecule has 0 N–H and O–H groups in total. The Morgan fingerprint density at radius 2 is 1.69 bits per heavy atom. The Morgan fingerprint density at radius 1 is 0.889 bits per heavy atom. The largest absolute Gasteiger partial charge is 0.489 e. The highest BCUT2D eigenvalue weighted by molar-refractivity contribution is 5.94. The van der Waals surface area contributed by atoms with Crippen LogP contribution in [0.3, 0.4) is 0 Å². The molecule has 5 aromatic rings. The van der Waals surface area contributed by atoms with Gasteiger partial charge in [-0.05, 0) is 53.9 Å². The molecule has 3 heterocycles. The van der Waals surface area contributed by atoms with Crippen molar-refractivity contribution in [3.63, 3.8) is 0 Å². The zero-order valence-corrected chi connectivity index (χ0v) is 19.7. The lowest BCUT2D eigenvalue weighted by Crippen LogP contribution is -2.36. The Bertz CT molecular complexity index is 1530. The van der Waals surface area contributed by atoms with Gasteiger partial charge in [0, 0.05) is 35.5 Å². The Labute approximate surface area is 209 Å². The van der Waals surface area contributed by atoms with Gasteiger partial charge in [0.2, 0.25) is 0 Å². The number of rotatable bonds is 5. The predicted octanol–water partition coefficient (Wildman–Crippen LogP) is 5.47. The van der Waals surface area contributed by atoms with Crippen LogP contribution in [0.4, 0.5) is 0 Å². The molecular weight excluding hydrogens is 448 g/mol. The Hall–Kier alpha value is -4.58. The zero-order valence-electron chi connectivity index (χ0n) is 19.7. The predicted molar refractivity (Wildman–Crippen MR) is 138 cm³/mol. The summed E-state index contributed by atoms with van der Waals surface area (Å²) >= 11 is 0. The van der Waals surface area contributed by atoms with Crippen molar-refractivity contribution in [2.45, 2.75) is 19.6 Å². The molecule has 0 bridgehead atoms. The highest BCUT2D eigenvalue weighted by Gasteiger charge is 2.24. The van der Waals surface area contributed by atoms with Crippen LogP contribution in [0.5, 0.6) is 5.75 Å². The van der Waals surface area contributed by atoms with Crippen molar-refractivity contribution < 1.29 is 9.53 Å². The molecule has 0 saturated carbocycles. The molecule has 0 saturated heterocycles. The number of carbonyl (C=O) groups excluding carboxylic acids is 1. The molecule has 1 aliphatic heterocycles. The first kappa shape index (κ1) is 21.9. The first-order valence-electron chi connectivity index (χ1n) is 12.0. The van der Waals surface area contributed by atoms with E-state index < -0.39 is 0 Å². The standard InChI is InChI=1S/C30H24N4O2/c35-30(22-12-10-21(11-13-22)20-36-26-7-2-1-3-8-26)34-15-14-24-17-32-29(33-28(24)19-34)25-16-23-6-4-5-9-27(23)31-18-25/h1-13,16-18H,14-15,19-20H2. The van der Waals surface area contributed by atoms with E-state index in [4.69, 9.17) is 9.72 Å². The van der Waals surface area contributed by atoms with Crippen molar-refractivity contribution in [3.8, 4) is 17.1 Å². The number of pyridine rings is 1. The minimum atomic E-state index is 0.00344. The summed E-state index contributed by atoms with van der Waals surface area (Å²) in [4.78, 5) is 29.0. The van der Waals surface area contributed by atoms with Gasteiger partial charge in [0.25, 0.3) is 5.91 Å². The molecule has 0 aliphatic carbocycles. The van der Waals surface area contributed by atoms with Crippen LogP contribution < -0.4 is 4.74 Å². The third-order valence-corrected chi connectivity index (χ3v) is 6.43. The maximum Gasteiger partial charge on any atom is 0.254 e. The third-order valence-electron chi connectivity index (χ3n) is 6.43. The lowest BCUT2D eigenvalue weighted by Gasteiger charge is -2.28. The molecular formula is C30H24N4O2. The van der Waals surface area contributed by atoms with Gasteiger partial charge >= 0.3 is 0 Å². The summed E-state index contributed by atoms with van der Waals surface area (Å²) in [6.07, 6.45) is 4.43. The van der Waals surface area contributed by atoms with E-state index in [-0.39, 0.29) is 5.91 Å². The Kier molecular flexibility index (Phi) is 5.83. The number of benzene rings is 3. The lowest BCUT2D eigenvalue weighted by molar-refractivity contribution is 0.0731. The maximum atomic E-state index is 13.2. The van der Waals surface area contributed by atoms with Gasteiger partial charge in [-0.15, -0.1) is 0 Å². The quantitative estimate of drug-likeness (QED) is 0.339. The SMILES string of the molecule is O=C(c1ccc(COc2ccccc2)cc1)N1CCc2cnc(-c3cnc4ccccc4c3)nc2C1. The molecule has 1 aliphatic rings. The number of hydrogen-bond donors (Lipinski definition) is 0. The van der Waals surface area contributed by atoms with Gasteiger partial charge in [-0.2, -0.15) is 0 Å². The molecule has 6 rings (SSSR count). The van der Waals surface area contributed by atoms with E-state index >= 15 is 0 Å². The van der Waals surface area contributed by atoms with E-state index in [9.17, 15) is 4.79 Å². The summed E-state index contributed by atoms with van der Waals surface area (Å²) < 4.78 is 5.81. The topological polar surface area (TPSA) is 68.2 Å². The van der Waals surface area contributed by atoms with Crippen molar-refractivity contribution >= 4 is 16.8 Å². The van der Waals surface area contributed by atoms with E-state index in [0.717, 1.165) is 45.5 Å². The number of ether oxygens (including phenoxy) is 1. The van der Waals surface area contributed by atoms with Crippen molar-refractivity contribution in [1.82, 2.24) is 19.9 Å². The minimum absolute atomic E-state index is 0.00344. The second-order valence-electron chi connectivity index (χ2n) is 8.86. The molecule has 0 fully saturated rings. The molecule has 3 aromatic carbocycles. The number of para-hydroxylation sites is 2. The number of aromatic nitrogens is 3. The van der Waals surface area contributed by atoms with E-state index in [1.807, 2.05) is 90.0 Å². The van der Waals surface area contributed by atoms with Gasteiger partial charge in [0.05, 0.1) is 17.8 Å². The average Bonchev–Trinajstić information content (AvgIpc) is 2.95. The fourth-order valence-electron chi connectivity index (χ4n) is 4.42. The summed E-state index contributed by atoms with van der Waals surface area (Å²) in [6.45, 7) is 1.56. The first-order chi connectivity index (χ1) is 17.7. The van der Waals surface area contributed by atoms with Crippen molar-refractivity contribution in [1.29, 1.82) is 0 Å². The number of carbonyl (C=O) groups is 1. The van der Waals surface area contributed by atoms with Crippen LogP contribution in [0.1, 0.15) is 27.2 Å². The monoisotopic (exact) mass is 472 g/mol. The summed E-state index contributed by atoms with van der Waals surface area (Å²) in [5.41, 5.74) is 5.46. The summed E-state index contributed by atoms with van der Waals surface area (Å²) in [5, 5.41) is 1.05. The number of fused-ring (bicyclic) bond motifs is 2.